The molecule has 3 unspecified atom stereocenters. The van der Waals surface area contributed by atoms with Gasteiger partial charge in [0.05, 0.1) is 0 Å². The lowest BCUT2D eigenvalue weighted by molar-refractivity contribution is -0.177. The highest BCUT2D eigenvalue weighted by molar-refractivity contribution is 5.87. The van der Waals surface area contributed by atoms with Gasteiger partial charge in [-0.3, -0.25) is 4.79 Å². The van der Waals surface area contributed by atoms with Crippen LogP contribution in [-0.4, -0.2) is 12.0 Å². The van der Waals surface area contributed by atoms with Gasteiger partial charge in [-0.1, -0.05) is 6.42 Å². The van der Waals surface area contributed by atoms with E-state index in [2.05, 4.69) is 0 Å². The van der Waals surface area contributed by atoms with Crippen molar-refractivity contribution < 1.29 is 18.0 Å². The molecule has 2 rings (SSSR count). The molecule has 0 aromatic rings. The molecule has 0 radical (unpaired) electrons. The van der Waals surface area contributed by atoms with Gasteiger partial charge in [0, 0.05) is 5.92 Å². The smallest absolute Gasteiger partial charge is 0.289 e. The predicted octanol–water partition coefficient (Wildman–Crippen LogP) is 2.55. The van der Waals surface area contributed by atoms with Crippen LogP contribution in [0.15, 0.2) is 0 Å². The number of fused-ring (bicyclic) bond motifs is 2. The van der Waals surface area contributed by atoms with Gasteiger partial charge >= 0.3 is 6.18 Å². The summed E-state index contributed by atoms with van der Waals surface area (Å²) in [6.45, 7) is 0. The van der Waals surface area contributed by atoms with Crippen LogP contribution in [-0.2, 0) is 4.79 Å². The maximum atomic E-state index is 12.1. The minimum Gasteiger partial charge on any atom is -0.289 e. The quantitative estimate of drug-likeness (QED) is 0.624. The molecule has 0 amide bonds. The van der Waals surface area contributed by atoms with E-state index in [1.165, 1.54) is 0 Å². The first-order valence-corrected chi connectivity index (χ1v) is 4.59. The number of hydrogen-bond acceptors (Lipinski definition) is 1. The Morgan fingerprint density at radius 2 is 1.85 bits per heavy atom. The van der Waals surface area contributed by atoms with Gasteiger partial charge in [-0.2, -0.15) is 13.2 Å². The van der Waals surface area contributed by atoms with Gasteiger partial charge in [0.15, 0.2) is 0 Å². The molecule has 74 valence electrons. The van der Waals surface area contributed by atoms with Crippen LogP contribution in [0, 0.1) is 17.8 Å². The maximum Gasteiger partial charge on any atom is 0.450 e. The van der Waals surface area contributed by atoms with Crippen molar-refractivity contribution in [1.82, 2.24) is 0 Å². The van der Waals surface area contributed by atoms with Crippen LogP contribution in [0.2, 0.25) is 0 Å². The van der Waals surface area contributed by atoms with Crippen LogP contribution in [0.1, 0.15) is 25.7 Å². The summed E-state index contributed by atoms with van der Waals surface area (Å²) in [5, 5.41) is 0. The van der Waals surface area contributed by atoms with Crippen molar-refractivity contribution in [2.45, 2.75) is 31.9 Å². The summed E-state index contributed by atoms with van der Waals surface area (Å²) in [6, 6.07) is 0. The van der Waals surface area contributed by atoms with Crippen LogP contribution in [0.25, 0.3) is 0 Å². The Morgan fingerprint density at radius 1 is 1.15 bits per heavy atom. The van der Waals surface area contributed by atoms with Crippen molar-refractivity contribution >= 4 is 5.78 Å². The van der Waals surface area contributed by atoms with Gasteiger partial charge in [0.2, 0.25) is 5.78 Å². The molecule has 4 heteroatoms. The molecule has 0 aromatic heterocycles. The lowest BCUT2D eigenvalue weighted by Gasteiger charge is -2.21. The van der Waals surface area contributed by atoms with Gasteiger partial charge in [-0.25, -0.2) is 0 Å². The van der Waals surface area contributed by atoms with Crippen molar-refractivity contribution in [3.63, 3.8) is 0 Å². The zero-order chi connectivity index (χ0) is 9.64. The summed E-state index contributed by atoms with van der Waals surface area (Å²) >= 11 is 0. The molecule has 2 bridgehead atoms. The fourth-order valence-corrected chi connectivity index (χ4v) is 2.78. The van der Waals surface area contributed by atoms with E-state index in [0.717, 1.165) is 19.3 Å². The Kier molecular flexibility index (Phi) is 1.89. The van der Waals surface area contributed by atoms with Crippen LogP contribution in [0.4, 0.5) is 13.2 Å². The van der Waals surface area contributed by atoms with Gasteiger partial charge in [0.25, 0.3) is 0 Å². The number of Topliss-reactive ketones (excluding diaryl/α,β-unsaturated/α-hetero) is 1. The normalized spacial score (nSPS) is 38.2. The Bertz CT molecular complexity index is 234. The number of hydrogen-bond donors (Lipinski definition) is 0. The highest BCUT2D eigenvalue weighted by Crippen LogP contribution is 2.50. The maximum absolute atomic E-state index is 12.1. The highest BCUT2D eigenvalue weighted by atomic mass is 19.4. The first-order chi connectivity index (χ1) is 5.98. The van der Waals surface area contributed by atoms with E-state index in [1.807, 2.05) is 0 Å². The molecule has 2 aliphatic rings. The van der Waals surface area contributed by atoms with Crippen molar-refractivity contribution in [2.24, 2.45) is 17.8 Å². The summed E-state index contributed by atoms with van der Waals surface area (Å²) in [5.74, 6) is -1.78. The molecule has 1 nitrogen and oxygen atoms in total. The highest BCUT2D eigenvalue weighted by Gasteiger charge is 2.51. The number of carbonyl (C=O) groups excluding carboxylic acids is 1. The first kappa shape index (κ1) is 9.03. The Balaban J connectivity index is 2.07. The molecule has 0 saturated heterocycles. The predicted molar refractivity (Wildman–Crippen MR) is 40.0 cm³/mol. The zero-order valence-corrected chi connectivity index (χ0v) is 7.10. The molecular formula is C9H11F3O. The van der Waals surface area contributed by atoms with Crippen LogP contribution >= 0.6 is 0 Å². The molecule has 0 spiro atoms. The van der Waals surface area contributed by atoms with Crippen molar-refractivity contribution in [3.05, 3.63) is 0 Å². The van der Waals surface area contributed by atoms with Crippen LogP contribution in [0.3, 0.4) is 0 Å². The molecule has 0 heterocycles. The summed E-state index contributed by atoms with van der Waals surface area (Å²) in [4.78, 5) is 10.9. The largest absolute Gasteiger partial charge is 0.450 e. The Hall–Kier alpha value is -0.540. The van der Waals surface area contributed by atoms with Crippen molar-refractivity contribution in [3.8, 4) is 0 Å². The van der Waals surface area contributed by atoms with Gasteiger partial charge in [-0.05, 0) is 31.1 Å². The number of halogens is 3. The Labute approximate surface area is 74.3 Å². The van der Waals surface area contributed by atoms with Crippen LogP contribution in [0.5, 0.6) is 0 Å². The molecular weight excluding hydrogens is 181 g/mol. The molecule has 0 N–H and O–H groups in total. The molecule has 3 atom stereocenters. The summed E-state index contributed by atoms with van der Waals surface area (Å²) in [7, 11) is 0. The SMILES string of the molecule is O=C(C1CC2CCC1C2)C(F)(F)F. The Morgan fingerprint density at radius 3 is 2.23 bits per heavy atom. The standard InChI is InChI=1S/C9H11F3O/c10-9(11,12)8(13)7-4-5-1-2-6(7)3-5/h5-7H,1-4H2. The van der Waals surface area contributed by atoms with E-state index in [0.29, 0.717) is 12.3 Å². The second-order valence-electron chi connectivity index (χ2n) is 4.14. The minimum absolute atomic E-state index is 0.0270. The van der Waals surface area contributed by atoms with Crippen LogP contribution < -0.4 is 0 Å². The second-order valence-corrected chi connectivity index (χ2v) is 4.14. The van der Waals surface area contributed by atoms with Gasteiger partial charge < -0.3 is 0 Å². The second kappa shape index (κ2) is 2.72. The fraction of sp³-hybridized carbons (Fsp3) is 0.889. The zero-order valence-electron chi connectivity index (χ0n) is 7.10. The summed E-state index contributed by atoms with van der Waals surface area (Å²) < 4.78 is 36.2. The van der Waals surface area contributed by atoms with E-state index in [4.69, 9.17) is 0 Å². The molecule has 13 heavy (non-hydrogen) atoms. The number of rotatable bonds is 1. The molecule has 0 aromatic carbocycles. The molecule has 2 fully saturated rings. The number of alkyl halides is 3. The molecule has 2 saturated carbocycles. The fourth-order valence-electron chi connectivity index (χ4n) is 2.78. The lowest BCUT2D eigenvalue weighted by Crippen LogP contribution is -2.33. The third-order valence-electron chi connectivity index (χ3n) is 3.35. The number of ketones is 1. The van der Waals surface area contributed by atoms with E-state index in [-0.39, 0.29) is 5.92 Å². The topological polar surface area (TPSA) is 17.1 Å². The van der Waals surface area contributed by atoms with Gasteiger partial charge in [0.1, 0.15) is 0 Å². The molecule has 2 aliphatic carbocycles. The average molecular weight is 192 g/mol. The number of carbonyl (C=O) groups is 1. The van der Waals surface area contributed by atoms with Crippen molar-refractivity contribution in [2.75, 3.05) is 0 Å². The van der Waals surface area contributed by atoms with E-state index < -0.39 is 17.9 Å². The van der Waals surface area contributed by atoms with Gasteiger partial charge in [-0.15, -0.1) is 0 Å². The first-order valence-electron chi connectivity index (χ1n) is 4.59. The third-order valence-corrected chi connectivity index (χ3v) is 3.35. The monoisotopic (exact) mass is 192 g/mol. The van der Waals surface area contributed by atoms with E-state index in [1.54, 1.807) is 0 Å². The summed E-state index contributed by atoms with van der Waals surface area (Å²) in [6.07, 6.45) is -1.46. The van der Waals surface area contributed by atoms with E-state index in [9.17, 15) is 18.0 Å². The summed E-state index contributed by atoms with van der Waals surface area (Å²) in [5.41, 5.74) is 0. The molecule has 0 aliphatic heterocycles. The van der Waals surface area contributed by atoms with E-state index >= 15 is 0 Å². The minimum atomic E-state index is -4.62. The third kappa shape index (κ3) is 1.46. The average Bonchev–Trinajstić information content (AvgIpc) is 2.60. The van der Waals surface area contributed by atoms with Crippen molar-refractivity contribution in [1.29, 1.82) is 0 Å². The lowest BCUT2D eigenvalue weighted by atomic mass is 9.85.